The molecule has 0 saturated carbocycles. The Morgan fingerprint density at radius 2 is 1.82 bits per heavy atom. The van der Waals surface area contributed by atoms with Gasteiger partial charge in [-0.15, -0.1) is 9.24 Å². The van der Waals surface area contributed by atoms with Gasteiger partial charge in [-0.05, 0) is 30.3 Å². The molecule has 0 saturated heterocycles. The third kappa shape index (κ3) is 4.80. The minimum Gasteiger partial charge on any atom is -0.131 e. The van der Waals surface area contributed by atoms with E-state index in [4.69, 9.17) is 0 Å². The highest BCUT2D eigenvalue weighted by Crippen LogP contribution is 2.34. The molecule has 0 aromatic rings. The maximum atomic E-state index is 3.06. The highest BCUT2D eigenvalue weighted by Gasteiger charge is 2.21. The highest BCUT2D eigenvalue weighted by molar-refractivity contribution is 7.18. The molecule has 0 amide bonds. The zero-order chi connectivity index (χ0) is 8.91. The molecule has 1 heteroatoms. The summed E-state index contributed by atoms with van der Waals surface area (Å²) < 4.78 is 0. The van der Waals surface area contributed by atoms with Crippen LogP contribution in [0.3, 0.4) is 0 Å². The molecule has 0 spiro atoms. The summed E-state index contributed by atoms with van der Waals surface area (Å²) in [6.07, 6.45) is 5.31. The summed E-state index contributed by atoms with van der Waals surface area (Å²) in [6, 6.07) is 0. The lowest BCUT2D eigenvalue weighted by atomic mass is 9.90. The average Bonchev–Trinajstić information content (AvgIpc) is 1.87. The Morgan fingerprint density at radius 3 is 2.09 bits per heavy atom. The lowest BCUT2D eigenvalue weighted by Crippen LogP contribution is -2.21. The van der Waals surface area contributed by atoms with Crippen LogP contribution in [0.4, 0.5) is 0 Å². The van der Waals surface area contributed by atoms with Crippen molar-refractivity contribution in [3.63, 3.8) is 0 Å². The molecular weight excluding hydrogens is 151 g/mol. The molecule has 0 heterocycles. The number of rotatable bonds is 5. The van der Waals surface area contributed by atoms with E-state index < -0.39 is 0 Å². The first-order valence-corrected chi connectivity index (χ1v) is 5.40. The van der Waals surface area contributed by atoms with Gasteiger partial charge in [-0.3, -0.25) is 0 Å². The van der Waals surface area contributed by atoms with Gasteiger partial charge < -0.3 is 0 Å². The van der Waals surface area contributed by atoms with Crippen LogP contribution in [0.25, 0.3) is 0 Å². The van der Waals surface area contributed by atoms with E-state index in [-0.39, 0.29) is 0 Å². The molecule has 0 aliphatic rings. The molecule has 0 aliphatic carbocycles. The Kier molecular flexibility index (Phi) is 5.34. The molecule has 0 aromatic carbocycles. The fourth-order valence-corrected chi connectivity index (χ4v) is 2.49. The van der Waals surface area contributed by atoms with Crippen molar-refractivity contribution >= 4 is 9.24 Å². The van der Waals surface area contributed by atoms with E-state index >= 15 is 0 Å². The van der Waals surface area contributed by atoms with Crippen LogP contribution in [0, 0.1) is 5.92 Å². The fraction of sp³-hybridized carbons (Fsp3) is 1.00. The van der Waals surface area contributed by atoms with Crippen LogP contribution >= 0.6 is 9.24 Å². The third-order valence-electron chi connectivity index (χ3n) is 2.27. The van der Waals surface area contributed by atoms with Gasteiger partial charge >= 0.3 is 0 Å². The van der Waals surface area contributed by atoms with Gasteiger partial charge in [-0.1, -0.05) is 34.1 Å². The highest BCUT2D eigenvalue weighted by atomic mass is 31.0. The summed E-state index contributed by atoms with van der Waals surface area (Å²) in [5.74, 6) is 0.832. The smallest absolute Gasteiger partial charge is 0.0150 e. The Bertz CT molecular complexity index is 99.0. The molecule has 0 rings (SSSR count). The molecule has 11 heavy (non-hydrogen) atoms. The van der Waals surface area contributed by atoms with Crippen molar-refractivity contribution in [2.75, 3.05) is 0 Å². The van der Waals surface area contributed by atoms with Crippen LogP contribution < -0.4 is 0 Å². The van der Waals surface area contributed by atoms with Crippen LogP contribution in [0.15, 0.2) is 0 Å². The minimum absolute atomic E-state index is 0.531. The maximum Gasteiger partial charge on any atom is -0.0150 e. The van der Waals surface area contributed by atoms with E-state index in [0.717, 1.165) is 5.92 Å². The molecule has 0 fully saturated rings. The maximum absolute atomic E-state index is 3.06. The van der Waals surface area contributed by atoms with Gasteiger partial charge in [0.25, 0.3) is 0 Å². The molecule has 2 unspecified atom stereocenters. The minimum atomic E-state index is 0.531. The third-order valence-corrected chi connectivity index (χ3v) is 3.20. The van der Waals surface area contributed by atoms with Crippen molar-refractivity contribution in [2.24, 2.45) is 5.92 Å². The Balaban J connectivity index is 3.87. The predicted octanol–water partition coefficient (Wildman–Crippen LogP) is 3.86. The summed E-state index contributed by atoms with van der Waals surface area (Å²) in [5, 5.41) is 0.531. The van der Waals surface area contributed by atoms with Gasteiger partial charge in [0.15, 0.2) is 0 Å². The zero-order valence-electron chi connectivity index (χ0n) is 8.48. The average molecular weight is 174 g/mol. The summed E-state index contributed by atoms with van der Waals surface area (Å²) in [5.41, 5.74) is 0. The standard InChI is InChI=1S/C10H23P/c1-5-7-10(11,6-2)8-9(3)4/h9H,5-8,11H2,1-4H3. The van der Waals surface area contributed by atoms with E-state index in [0.29, 0.717) is 5.16 Å². The second-order valence-electron chi connectivity index (χ2n) is 4.06. The quantitative estimate of drug-likeness (QED) is 0.555. The zero-order valence-corrected chi connectivity index (χ0v) is 9.64. The van der Waals surface area contributed by atoms with Gasteiger partial charge in [0.2, 0.25) is 0 Å². The van der Waals surface area contributed by atoms with Gasteiger partial charge in [0.05, 0.1) is 0 Å². The monoisotopic (exact) mass is 174 g/mol. The molecule has 0 N–H and O–H groups in total. The van der Waals surface area contributed by atoms with Gasteiger partial charge in [0, 0.05) is 0 Å². The second-order valence-corrected chi connectivity index (χ2v) is 5.29. The van der Waals surface area contributed by atoms with Crippen LogP contribution in [0.2, 0.25) is 0 Å². The van der Waals surface area contributed by atoms with Crippen molar-refractivity contribution in [1.82, 2.24) is 0 Å². The summed E-state index contributed by atoms with van der Waals surface area (Å²) in [6.45, 7) is 9.19. The normalized spacial score (nSPS) is 16.9. The molecule has 0 aliphatic heterocycles. The topological polar surface area (TPSA) is 0 Å². The predicted molar refractivity (Wildman–Crippen MR) is 57.1 cm³/mol. The van der Waals surface area contributed by atoms with Crippen LogP contribution in [-0.2, 0) is 0 Å². The van der Waals surface area contributed by atoms with E-state index in [1.54, 1.807) is 0 Å². The van der Waals surface area contributed by atoms with E-state index in [2.05, 4.69) is 36.9 Å². The lowest BCUT2D eigenvalue weighted by Gasteiger charge is -2.29. The van der Waals surface area contributed by atoms with E-state index in [1.165, 1.54) is 25.7 Å². The van der Waals surface area contributed by atoms with E-state index in [1.807, 2.05) is 0 Å². The lowest BCUT2D eigenvalue weighted by molar-refractivity contribution is 0.413. The first-order chi connectivity index (χ1) is 5.04. The van der Waals surface area contributed by atoms with Crippen molar-refractivity contribution < 1.29 is 0 Å². The molecule has 2 atom stereocenters. The molecule has 0 bridgehead atoms. The van der Waals surface area contributed by atoms with Crippen LogP contribution in [0.5, 0.6) is 0 Å². The summed E-state index contributed by atoms with van der Waals surface area (Å²) in [4.78, 5) is 0. The van der Waals surface area contributed by atoms with Crippen molar-refractivity contribution in [3.05, 3.63) is 0 Å². The van der Waals surface area contributed by atoms with Crippen molar-refractivity contribution in [2.45, 2.75) is 58.5 Å². The van der Waals surface area contributed by atoms with Crippen LogP contribution in [0.1, 0.15) is 53.4 Å². The molecule has 0 aromatic heterocycles. The Hall–Kier alpha value is 0.430. The van der Waals surface area contributed by atoms with Gasteiger partial charge in [0.1, 0.15) is 0 Å². The van der Waals surface area contributed by atoms with Crippen molar-refractivity contribution in [3.8, 4) is 0 Å². The Morgan fingerprint density at radius 1 is 1.27 bits per heavy atom. The molecule has 0 nitrogen and oxygen atoms in total. The first-order valence-electron chi connectivity index (χ1n) is 4.83. The SMILES string of the molecule is CCCC(P)(CC)CC(C)C. The number of hydrogen-bond donors (Lipinski definition) is 0. The number of hydrogen-bond acceptors (Lipinski definition) is 0. The van der Waals surface area contributed by atoms with Gasteiger partial charge in [-0.2, -0.15) is 0 Å². The van der Waals surface area contributed by atoms with Gasteiger partial charge in [-0.25, -0.2) is 0 Å². The van der Waals surface area contributed by atoms with E-state index in [9.17, 15) is 0 Å². The fourth-order valence-electron chi connectivity index (χ4n) is 1.73. The largest absolute Gasteiger partial charge is 0.131 e. The molecule has 68 valence electrons. The molecular formula is C10H23P. The summed E-state index contributed by atoms with van der Waals surface area (Å²) >= 11 is 0. The van der Waals surface area contributed by atoms with Crippen LogP contribution in [-0.4, -0.2) is 5.16 Å². The Labute approximate surface area is 74.4 Å². The molecule has 0 radical (unpaired) electrons. The summed E-state index contributed by atoms with van der Waals surface area (Å²) in [7, 11) is 3.06. The first kappa shape index (κ1) is 11.4. The second kappa shape index (κ2) is 5.14. The van der Waals surface area contributed by atoms with Crippen molar-refractivity contribution in [1.29, 1.82) is 0 Å².